The molecule has 0 saturated carbocycles. The van der Waals surface area contributed by atoms with Gasteiger partial charge in [0.1, 0.15) is 54.1 Å². The zero-order valence-corrected chi connectivity index (χ0v) is 79.1. The van der Waals surface area contributed by atoms with E-state index in [1.165, 1.54) is 76.9 Å². The molecule has 17 N–H and O–H groups in total. The molecule has 4 aliphatic rings. The van der Waals surface area contributed by atoms with Crippen molar-refractivity contribution in [3.63, 3.8) is 0 Å². The Hall–Kier alpha value is -12.5. The lowest BCUT2D eigenvalue weighted by atomic mass is 9.89. The molecule has 7 heterocycles. The van der Waals surface area contributed by atoms with E-state index in [9.17, 15) is 49.2 Å². The second-order valence-corrected chi connectivity index (χ2v) is 38.1. The molecule has 136 heavy (non-hydrogen) atoms. The number of primary amides is 2. The number of carboxylic acids is 1. The maximum absolute atomic E-state index is 15.8. The van der Waals surface area contributed by atoms with Gasteiger partial charge in [-0.05, 0) is 115 Å². The van der Waals surface area contributed by atoms with Crippen LogP contribution in [0.1, 0.15) is 172 Å². The summed E-state index contributed by atoms with van der Waals surface area (Å²) in [4.78, 5) is 281. The molecule has 0 spiro atoms. The van der Waals surface area contributed by atoms with E-state index in [2.05, 4.69) is 52.2 Å². The summed E-state index contributed by atoms with van der Waals surface area (Å²) in [5.74, 6) is -21.8. The van der Waals surface area contributed by atoms with Crippen molar-refractivity contribution < 1.29 is 107 Å². The lowest BCUT2D eigenvalue weighted by molar-refractivity contribution is -0.150. The number of unbranched alkanes of at least 4 members (excludes halogenated alkanes) is 2. The third-order valence-corrected chi connectivity index (χ3v) is 27.7. The number of aromatic hydroxyl groups is 1. The molecule has 39 nitrogen and oxygen atoms in total. The Labute approximate surface area is 795 Å². The summed E-state index contributed by atoms with van der Waals surface area (Å²) < 4.78 is 0.817. The van der Waals surface area contributed by atoms with E-state index in [1.54, 1.807) is 55.8 Å². The van der Waals surface area contributed by atoms with Crippen LogP contribution in [-0.2, 0) is 112 Å². The van der Waals surface area contributed by atoms with Crippen LogP contribution >= 0.6 is 23.1 Å². The van der Waals surface area contributed by atoms with E-state index in [4.69, 9.17) is 11.5 Å². The third-order valence-electron chi connectivity index (χ3n) is 25.6. The van der Waals surface area contributed by atoms with Gasteiger partial charge in [-0.15, -0.1) is 11.3 Å². The number of carboxylic acid groups (broad SMARTS) is 1. The average Bonchev–Trinajstić information content (AvgIpc) is 1.37. The highest BCUT2D eigenvalue weighted by molar-refractivity contribution is 7.99. The van der Waals surface area contributed by atoms with Gasteiger partial charge < -0.3 is 104 Å². The van der Waals surface area contributed by atoms with Crippen molar-refractivity contribution in [2.45, 2.75) is 248 Å². The van der Waals surface area contributed by atoms with Crippen LogP contribution in [0, 0.1) is 23.7 Å². The van der Waals surface area contributed by atoms with Gasteiger partial charge in [0.25, 0.3) is 0 Å². The van der Waals surface area contributed by atoms with Gasteiger partial charge in [-0.1, -0.05) is 102 Å². The maximum atomic E-state index is 15.8. The van der Waals surface area contributed by atoms with Gasteiger partial charge in [0.15, 0.2) is 17.3 Å². The predicted molar refractivity (Wildman–Crippen MR) is 502 cm³/mol. The minimum Gasteiger partial charge on any atom is -0.508 e. The van der Waals surface area contributed by atoms with E-state index in [-0.39, 0.29) is 94.7 Å². The fourth-order valence-electron chi connectivity index (χ4n) is 18.2. The standard InChI is InChI=1S/C95H127N17O22S2/c1-7-9-21-73-88(127)103-66(34-53(3)4)78(117)40-59(85(124)100-46-82(97)120)49-135-51-83(121)102-69(35-54-26-29-61(114)30-27-54)94(133)110-32-16-15-23-72(110)79(118)39-56(41-84(122)123)92(131)111-33-17-24-74(111)89(128)104-67(42-60-45-98-52-101-60)77(116)38-55(28-31-81(96)119)91(130)112-47-62(115)43-76(112)90(129)105-68(36-57-44-99-65-20-13-11-18-63(57)65)86(125)107-71(48-113)87(126)106-70(37-58-50-136-80-25-14-12-19-64(58)80)93(132)109(6)75(22-10-8-2)95(134)108(73)5/h11-14,18-20,25-27,29-30,44-45,50,52-53,55-56,59,62,66-76,99,113-115H,7-10,15-17,21-24,28,31-43,46-49,51H2,1-6H3,(H2,96,119)(H2,97,120)(H,98,101)(H,100,124)(H,102,121)(H,103,127)(H,104,128)(H,105,129)(H,106,126)(H,107,125)(H,122,123)/t55-,56+,59+,62-,66+,67+,68+,69+,70+,71+,72+,73+,74+,75+,76+/m1/s1. The van der Waals surface area contributed by atoms with E-state index in [0.29, 0.717) is 77.2 Å². The highest BCUT2D eigenvalue weighted by atomic mass is 32.2. The summed E-state index contributed by atoms with van der Waals surface area (Å²) >= 11 is 2.23. The van der Waals surface area contributed by atoms with E-state index in [0.717, 1.165) is 26.3 Å². The number of imidazole rings is 1. The quantitative estimate of drug-likeness (QED) is 0.0391. The number of para-hydroxylation sites is 1. The van der Waals surface area contributed by atoms with Crippen molar-refractivity contribution in [1.82, 2.24) is 76.7 Å². The lowest BCUT2D eigenvalue weighted by Gasteiger charge is -2.38. The van der Waals surface area contributed by atoms with Crippen molar-refractivity contribution in [2.75, 3.05) is 58.4 Å². The Kier molecular flexibility index (Phi) is 39.1. The second kappa shape index (κ2) is 50.4. The Morgan fingerprint density at radius 3 is 1.86 bits per heavy atom. The number of amides is 14. The van der Waals surface area contributed by atoms with Crippen molar-refractivity contribution in [1.29, 1.82) is 0 Å². The number of aliphatic hydroxyl groups is 2. The van der Waals surface area contributed by atoms with Crippen molar-refractivity contribution in [3.8, 4) is 5.75 Å². The van der Waals surface area contributed by atoms with Crippen LogP contribution in [0.3, 0.4) is 0 Å². The molecule has 0 aliphatic carbocycles. The van der Waals surface area contributed by atoms with Crippen LogP contribution in [0.2, 0.25) is 0 Å². The van der Waals surface area contributed by atoms with Crippen LogP contribution < -0.4 is 48.7 Å². The second-order valence-electron chi connectivity index (χ2n) is 36.2. The first-order valence-corrected chi connectivity index (χ1v) is 48.5. The van der Waals surface area contributed by atoms with E-state index < -0.39 is 267 Å². The number of thiophene rings is 1. The largest absolute Gasteiger partial charge is 0.508 e. The van der Waals surface area contributed by atoms with Crippen LogP contribution in [0.15, 0.2) is 96.9 Å². The van der Waals surface area contributed by atoms with Crippen molar-refractivity contribution >= 4 is 150 Å². The minimum atomic E-state index is -1.89. The van der Waals surface area contributed by atoms with Gasteiger partial charge in [-0.25, -0.2) is 4.98 Å². The van der Waals surface area contributed by atoms with Crippen LogP contribution in [0.5, 0.6) is 5.75 Å². The summed E-state index contributed by atoms with van der Waals surface area (Å²) in [6.07, 6.45) is 0.181. The van der Waals surface area contributed by atoms with Crippen LogP contribution in [0.4, 0.5) is 0 Å². The number of ketones is 3. The summed E-state index contributed by atoms with van der Waals surface area (Å²) in [5.41, 5.74) is 13.6. The number of H-pyrrole nitrogens is 2. The number of carbonyl (C=O) groups is 18. The number of hydrogen-bond acceptors (Lipinski definition) is 24. The first-order valence-electron chi connectivity index (χ1n) is 46.5. The number of aliphatic hydroxyl groups excluding tert-OH is 2. The number of phenols is 1. The molecule has 0 unspecified atom stereocenters. The molecule has 6 aromatic rings. The molecule has 3 aromatic heterocycles. The smallest absolute Gasteiger partial charge is 0.304 e. The van der Waals surface area contributed by atoms with Gasteiger partial charge in [0, 0.05) is 137 Å². The minimum absolute atomic E-state index is 0.0109. The lowest BCUT2D eigenvalue weighted by Crippen LogP contribution is -2.61. The highest BCUT2D eigenvalue weighted by Gasteiger charge is 2.48. The zero-order valence-electron chi connectivity index (χ0n) is 77.5. The van der Waals surface area contributed by atoms with E-state index in [1.807, 2.05) is 32.0 Å². The van der Waals surface area contributed by atoms with Gasteiger partial charge in [0.2, 0.25) is 82.7 Å². The highest BCUT2D eigenvalue weighted by Crippen LogP contribution is 2.33. The number of likely N-dealkylation sites (N-methyl/N-ethyl adjacent to an activating group) is 2. The predicted octanol–water partition coefficient (Wildman–Crippen LogP) is 2.21. The number of Topliss-reactive ketones (excluding diaryl/α,β-unsaturated/α-hetero) is 3. The molecule has 4 fully saturated rings. The Balaban J connectivity index is 1.02. The molecule has 0 bridgehead atoms. The summed E-state index contributed by atoms with van der Waals surface area (Å²) in [7, 11) is 2.76. The summed E-state index contributed by atoms with van der Waals surface area (Å²) in [6, 6.07) is 3.60. The first kappa shape index (κ1) is 106. The number of nitrogens with one attached hydrogen (secondary N) is 9. The average molecular weight is 1920 g/mol. The monoisotopic (exact) mass is 1920 g/mol. The number of fused-ring (bicyclic) bond motifs is 5. The molecular formula is C95H127N17O22S2. The number of aromatic amines is 2. The SMILES string of the molecule is CCCC[C@H]1C(=O)N(C)[C@@H](CCCC)C(=O)N[C@@H](CC(C)C)C(=O)C[C@H](C(=O)NCC(N)=O)CSCC(=O)N[C@@H](Cc2ccc(O)cc2)C(=O)N2CCCC[C@H]2C(=O)C[C@@H](CC(=O)O)C(=O)N2CCC[C@H]2C(=O)N[C@@H](Cc2cnc[nH]2)C(=O)C[C@@H](CCC(N)=O)C(=O)N2C[C@H](O)C[C@H]2C(=O)N[C@@H](Cc2c[nH]c3ccccc23)C(=O)N[C@@H](CO)C(=O)N[C@@H](Cc2csc3ccccc23)C(=O)N1C. The van der Waals surface area contributed by atoms with Crippen molar-refractivity contribution in [3.05, 3.63) is 119 Å². The Morgan fingerprint density at radius 2 is 1.18 bits per heavy atom. The van der Waals surface area contributed by atoms with Gasteiger partial charge >= 0.3 is 5.97 Å². The van der Waals surface area contributed by atoms with Crippen LogP contribution in [0.25, 0.3) is 21.0 Å². The summed E-state index contributed by atoms with van der Waals surface area (Å²) in [6.45, 7) is 4.86. The molecule has 736 valence electrons. The topological polar surface area (TPSA) is 585 Å². The zero-order chi connectivity index (χ0) is 98.7. The van der Waals surface area contributed by atoms with Crippen LogP contribution in [-0.4, -0.2) is 297 Å². The molecule has 0 radical (unpaired) electrons. The fourth-order valence-corrected chi connectivity index (χ4v) is 20.2. The molecule has 41 heteroatoms. The van der Waals surface area contributed by atoms with Gasteiger partial charge in [0.05, 0.1) is 67.7 Å². The van der Waals surface area contributed by atoms with Gasteiger partial charge in [-0.2, -0.15) is 11.8 Å². The number of nitrogens with zero attached hydrogens (tertiary/aromatic N) is 6. The van der Waals surface area contributed by atoms with E-state index >= 15 is 57.5 Å². The molecule has 10 rings (SSSR count). The number of aliphatic carboxylic acids is 1. The number of carbonyl (C=O) groups excluding carboxylic acids is 17. The Bertz CT molecular complexity index is 5280. The molecule has 4 saturated heterocycles. The number of piperidine rings is 1. The number of nitrogens with two attached hydrogens (primary N) is 2. The van der Waals surface area contributed by atoms with Crippen molar-refractivity contribution in [2.24, 2.45) is 35.1 Å². The first-order chi connectivity index (χ1) is 64.9. The third kappa shape index (κ3) is 28.8. The maximum Gasteiger partial charge on any atom is 0.304 e. The summed E-state index contributed by atoms with van der Waals surface area (Å²) in [5, 5.41) is 65.5. The normalized spacial score (nSPS) is 25.4. The number of benzene rings is 3. The number of rotatable bonds is 25. The number of phenolic OH excluding ortho intramolecular Hbond substituents is 1. The molecule has 3 aromatic carbocycles. The number of hydrogen-bond donors (Lipinski definition) is 15. The number of aromatic nitrogens is 3. The molecule has 4 aliphatic heterocycles. The molecule has 14 amide bonds. The number of thioether (sulfide) groups is 1. The molecular weight excluding hydrogens is 1800 g/mol. The Morgan fingerprint density at radius 1 is 0.574 bits per heavy atom. The fraction of sp³-hybridized carbons (Fsp3) is 0.547. The molecule has 15 atom stereocenters. The van der Waals surface area contributed by atoms with Gasteiger partial charge in [-0.3, -0.25) is 86.3 Å².